The second-order valence-corrected chi connectivity index (χ2v) is 6.78. The lowest BCUT2D eigenvalue weighted by molar-refractivity contribution is 0.101. The van der Waals surface area contributed by atoms with Gasteiger partial charge in [-0.25, -0.2) is 0 Å². The van der Waals surface area contributed by atoms with Gasteiger partial charge < -0.3 is 11.5 Å². The van der Waals surface area contributed by atoms with Crippen LogP contribution in [0.25, 0.3) is 32.0 Å². The highest BCUT2D eigenvalue weighted by Crippen LogP contribution is 2.37. The van der Waals surface area contributed by atoms with Gasteiger partial charge in [0, 0.05) is 10.1 Å². The Hall–Kier alpha value is -3.18. The number of carbonyl (C=O) groups is 1. The Balaban J connectivity index is 1.95. The van der Waals surface area contributed by atoms with E-state index < -0.39 is 5.91 Å². The minimum atomic E-state index is -0.412. The van der Waals surface area contributed by atoms with E-state index in [1.807, 2.05) is 36.4 Å². The Kier molecular flexibility index (Phi) is 3.71. The molecule has 0 atom stereocenters. The van der Waals surface area contributed by atoms with Crippen LogP contribution in [0.2, 0.25) is 0 Å². The van der Waals surface area contributed by atoms with Gasteiger partial charge in [-0.15, -0.1) is 11.3 Å². The molecule has 4 N–H and O–H groups in total. The van der Waals surface area contributed by atoms with Crippen molar-refractivity contribution < 1.29 is 4.79 Å². The molecule has 25 heavy (non-hydrogen) atoms. The number of nitrogens with two attached hydrogens (primary N) is 2. The largest absolute Gasteiger partial charge is 0.370 e. The summed E-state index contributed by atoms with van der Waals surface area (Å²) >= 11 is 1.39. The van der Waals surface area contributed by atoms with E-state index in [4.69, 9.17) is 11.5 Å². The maximum atomic E-state index is 12.1. The van der Waals surface area contributed by atoms with Crippen molar-refractivity contribution in [2.24, 2.45) is 16.5 Å². The van der Waals surface area contributed by atoms with E-state index in [9.17, 15) is 4.79 Å². The molecule has 0 spiro atoms. The number of nitrogens with zero attached hydrogens (tertiary/aromatic N) is 1. The number of carbonyl (C=O) groups excluding carboxylic acids is 1. The number of guanidine groups is 1. The van der Waals surface area contributed by atoms with E-state index in [1.54, 1.807) is 0 Å². The van der Waals surface area contributed by atoms with Gasteiger partial charge in [-0.05, 0) is 34.0 Å². The number of amides is 1. The third-order valence-electron chi connectivity index (χ3n) is 4.08. The highest BCUT2D eigenvalue weighted by molar-refractivity contribution is 7.20. The zero-order valence-electron chi connectivity index (χ0n) is 13.3. The van der Waals surface area contributed by atoms with Crippen molar-refractivity contribution >= 4 is 44.1 Å². The van der Waals surface area contributed by atoms with Crippen LogP contribution in [0.3, 0.4) is 0 Å². The van der Waals surface area contributed by atoms with Gasteiger partial charge >= 0.3 is 0 Å². The van der Waals surface area contributed by atoms with Gasteiger partial charge in [0.2, 0.25) is 0 Å². The fourth-order valence-corrected chi connectivity index (χ4v) is 4.01. The second kappa shape index (κ2) is 6.03. The maximum absolute atomic E-state index is 12.1. The number of aliphatic imine (C=N–C) groups is 1. The average Bonchev–Trinajstić information content (AvgIpc) is 3.05. The van der Waals surface area contributed by atoms with E-state index in [2.05, 4.69) is 35.3 Å². The van der Waals surface area contributed by atoms with Crippen molar-refractivity contribution in [3.8, 4) is 11.1 Å². The van der Waals surface area contributed by atoms with Gasteiger partial charge in [-0.2, -0.15) is 4.99 Å². The molecule has 0 fully saturated rings. The Labute approximate surface area is 148 Å². The SMILES string of the molecule is NC(N)=NC(=O)c1cc2c(-c3cccc4ccccc34)cccc2s1. The lowest BCUT2D eigenvalue weighted by atomic mass is 9.96. The zero-order valence-corrected chi connectivity index (χ0v) is 14.1. The van der Waals surface area contributed by atoms with Crippen LogP contribution in [0, 0.1) is 0 Å². The Morgan fingerprint density at radius 3 is 2.32 bits per heavy atom. The summed E-state index contributed by atoms with van der Waals surface area (Å²) < 4.78 is 1.03. The van der Waals surface area contributed by atoms with Crippen LogP contribution in [0.5, 0.6) is 0 Å². The molecule has 0 radical (unpaired) electrons. The lowest BCUT2D eigenvalue weighted by Gasteiger charge is -2.08. The first-order chi connectivity index (χ1) is 12.1. The van der Waals surface area contributed by atoms with E-state index in [-0.39, 0.29) is 5.96 Å². The lowest BCUT2D eigenvalue weighted by Crippen LogP contribution is -2.24. The molecule has 3 aromatic carbocycles. The van der Waals surface area contributed by atoms with Crippen LogP contribution in [0.1, 0.15) is 9.67 Å². The van der Waals surface area contributed by atoms with E-state index >= 15 is 0 Å². The highest BCUT2D eigenvalue weighted by atomic mass is 32.1. The summed E-state index contributed by atoms with van der Waals surface area (Å²) in [7, 11) is 0. The molecular weight excluding hydrogens is 330 g/mol. The quantitative estimate of drug-likeness (QED) is 0.423. The number of rotatable bonds is 2. The molecule has 0 unspecified atom stereocenters. The van der Waals surface area contributed by atoms with Crippen LogP contribution in [-0.4, -0.2) is 11.9 Å². The van der Waals surface area contributed by atoms with Gasteiger partial charge in [0.05, 0.1) is 4.88 Å². The van der Waals surface area contributed by atoms with Crippen LogP contribution >= 0.6 is 11.3 Å². The molecular formula is C20H15N3OS. The van der Waals surface area contributed by atoms with Crippen LogP contribution in [-0.2, 0) is 0 Å². The standard InChI is InChI=1S/C20H15N3OS/c21-20(22)23-19(24)18-11-16-15(9-4-10-17(16)25-18)14-8-3-6-12-5-1-2-7-13(12)14/h1-11H,(H4,21,22,23,24). The van der Waals surface area contributed by atoms with Crippen LogP contribution in [0.4, 0.5) is 0 Å². The van der Waals surface area contributed by atoms with Crippen LogP contribution < -0.4 is 11.5 Å². The molecule has 5 heteroatoms. The third kappa shape index (κ3) is 2.75. The van der Waals surface area contributed by atoms with Gasteiger partial charge in [-0.3, -0.25) is 4.79 Å². The smallest absolute Gasteiger partial charge is 0.290 e. The van der Waals surface area contributed by atoms with E-state index in [0.717, 1.165) is 21.2 Å². The number of benzene rings is 3. The molecule has 1 heterocycles. The molecule has 4 rings (SSSR count). The zero-order chi connectivity index (χ0) is 17.4. The summed E-state index contributed by atoms with van der Waals surface area (Å²) in [5, 5.41) is 3.39. The molecule has 0 aliphatic rings. The second-order valence-electron chi connectivity index (χ2n) is 5.70. The maximum Gasteiger partial charge on any atom is 0.290 e. The first-order valence-electron chi connectivity index (χ1n) is 7.78. The van der Waals surface area contributed by atoms with Gasteiger partial charge in [0.15, 0.2) is 5.96 Å². The molecule has 1 amide bonds. The topological polar surface area (TPSA) is 81.5 Å². The van der Waals surface area contributed by atoms with E-state index in [0.29, 0.717) is 4.88 Å². The predicted molar refractivity (Wildman–Crippen MR) is 105 cm³/mol. The first-order valence-corrected chi connectivity index (χ1v) is 8.60. The minimum Gasteiger partial charge on any atom is -0.370 e. The van der Waals surface area contributed by atoms with Crippen LogP contribution in [0.15, 0.2) is 71.7 Å². The number of fused-ring (bicyclic) bond motifs is 2. The van der Waals surface area contributed by atoms with Crippen molar-refractivity contribution in [1.82, 2.24) is 0 Å². The van der Waals surface area contributed by atoms with Crippen molar-refractivity contribution in [1.29, 1.82) is 0 Å². The average molecular weight is 345 g/mol. The summed E-state index contributed by atoms with van der Waals surface area (Å²) in [4.78, 5) is 16.3. The Morgan fingerprint density at radius 1 is 0.840 bits per heavy atom. The number of thiophene rings is 1. The van der Waals surface area contributed by atoms with Crippen molar-refractivity contribution in [3.05, 3.63) is 71.6 Å². The van der Waals surface area contributed by atoms with Gasteiger partial charge in [-0.1, -0.05) is 54.6 Å². The summed E-state index contributed by atoms with van der Waals surface area (Å²) in [5.74, 6) is -0.637. The predicted octanol–water partition coefficient (Wildman–Crippen LogP) is 4.14. The molecule has 1 aromatic heterocycles. The number of hydrogen-bond donors (Lipinski definition) is 2. The summed E-state index contributed by atoms with van der Waals surface area (Å²) in [6.07, 6.45) is 0. The summed E-state index contributed by atoms with van der Waals surface area (Å²) in [6.45, 7) is 0. The fourth-order valence-electron chi connectivity index (χ4n) is 3.03. The molecule has 122 valence electrons. The fraction of sp³-hybridized carbons (Fsp3) is 0. The molecule has 0 bridgehead atoms. The monoisotopic (exact) mass is 345 g/mol. The Bertz CT molecular complexity index is 1130. The first kappa shape index (κ1) is 15.4. The van der Waals surface area contributed by atoms with Crippen molar-refractivity contribution in [3.63, 3.8) is 0 Å². The molecule has 0 saturated carbocycles. The highest BCUT2D eigenvalue weighted by Gasteiger charge is 2.14. The molecule has 0 aliphatic heterocycles. The number of hydrogen-bond acceptors (Lipinski definition) is 2. The molecule has 4 nitrogen and oxygen atoms in total. The Morgan fingerprint density at radius 2 is 1.52 bits per heavy atom. The summed E-state index contributed by atoms with van der Waals surface area (Å²) in [5.41, 5.74) is 12.9. The molecule has 0 saturated heterocycles. The third-order valence-corrected chi connectivity index (χ3v) is 5.17. The normalized spacial score (nSPS) is 10.9. The summed E-state index contributed by atoms with van der Waals surface area (Å²) in [6, 6.07) is 22.5. The van der Waals surface area contributed by atoms with Crippen molar-refractivity contribution in [2.45, 2.75) is 0 Å². The van der Waals surface area contributed by atoms with Gasteiger partial charge in [0.1, 0.15) is 0 Å². The van der Waals surface area contributed by atoms with Crippen molar-refractivity contribution in [2.75, 3.05) is 0 Å². The van der Waals surface area contributed by atoms with E-state index in [1.165, 1.54) is 22.1 Å². The molecule has 0 aliphatic carbocycles. The molecule has 4 aromatic rings. The minimum absolute atomic E-state index is 0.225. The van der Waals surface area contributed by atoms with Gasteiger partial charge in [0.25, 0.3) is 5.91 Å².